The number of hydrogen-bond acceptors (Lipinski definition) is 2. The van der Waals surface area contributed by atoms with Gasteiger partial charge < -0.3 is 10.6 Å². The highest BCUT2D eigenvalue weighted by Crippen LogP contribution is 2.44. The smallest absolute Gasteiger partial charge is 0.259 e. The van der Waals surface area contributed by atoms with Crippen molar-refractivity contribution in [2.75, 3.05) is 11.2 Å². The summed E-state index contributed by atoms with van der Waals surface area (Å²) in [5.41, 5.74) is 0.0827. The lowest BCUT2D eigenvalue weighted by Gasteiger charge is -2.30. The van der Waals surface area contributed by atoms with E-state index in [1.165, 1.54) is 0 Å². The molecule has 0 aliphatic carbocycles. The van der Waals surface area contributed by atoms with E-state index in [-0.39, 0.29) is 5.88 Å². The van der Waals surface area contributed by atoms with Gasteiger partial charge in [0, 0.05) is 26.9 Å². The highest BCUT2D eigenvalue weighted by atomic mass is 35.5. The molecule has 2 aromatic rings. The first-order chi connectivity index (χ1) is 11.0. The Hall–Kier alpha value is -1.75. The fraction of sp³-hybridized carbons (Fsp3) is 0.125. The summed E-state index contributed by atoms with van der Waals surface area (Å²) < 4.78 is 0. The van der Waals surface area contributed by atoms with Crippen LogP contribution in [0.15, 0.2) is 42.5 Å². The quantitative estimate of drug-likeness (QED) is 0.813. The Labute approximate surface area is 147 Å². The van der Waals surface area contributed by atoms with Gasteiger partial charge in [-0.3, -0.25) is 9.59 Å². The maximum Gasteiger partial charge on any atom is 0.259 e. The third-order valence-electron chi connectivity index (χ3n) is 3.70. The monoisotopic (exact) mass is 368 g/mol. The summed E-state index contributed by atoms with van der Waals surface area (Å²) in [5.74, 6) is -1.19. The van der Waals surface area contributed by atoms with E-state index in [0.717, 1.165) is 0 Å². The Balaban J connectivity index is 2.30. The molecule has 0 radical (unpaired) electrons. The Morgan fingerprint density at radius 2 is 1.87 bits per heavy atom. The molecular formula is C16H11Cl3N2O2. The first kappa shape index (κ1) is 16.1. The molecule has 0 bridgehead atoms. The minimum atomic E-state index is -1.47. The number of alkyl halides is 1. The molecule has 1 atom stereocenters. The summed E-state index contributed by atoms with van der Waals surface area (Å²) in [6.45, 7) is 0. The van der Waals surface area contributed by atoms with E-state index in [1.807, 2.05) is 0 Å². The van der Waals surface area contributed by atoms with Crippen molar-refractivity contribution in [3.63, 3.8) is 0 Å². The number of amides is 2. The van der Waals surface area contributed by atoms with Gasteiger partial charge in [0.05, 0.1) is 0 Å². The van der Waals surface area contributed by atoms with Crippen molar-refractivity contribution in [1.29, 1.82) is 0 Å². The zero-order valence-corrected chi connectivity index (χ0v) is 14.0. The second kappa shape index (κ2) is 6.04. The van der Waals surface area contributed by atoms with Gasteiger partial charge in [-0.1, -0.05) is 41.4 Å². The minimum Gasteiger partial charge on any atom is -0.333 e. The van der Waals surface area contributed by atoms with Gasteiger partial charge in [-0.25, -0.2) is 0 Å². The third-order valence-corrected chi connectivity index (χ3v) is 4.51. The molecule has 3 rings (SSSR count). The molecule has 1 aliphatic heterocycles. The summed E-state index contributed by atoms with van der Waals surface area (Å²) >= 11 is 18.0. The van der Waals surface area contributed by atoms with Crippen molar-refractivity contribution in [3.8, 4) is 0 Å². The fourth-order valence-electron chi connectivity index (χ4n) is 2.74. The van der Waals surface area contributed by atoms with Crippen molar-refractivity contribution in [3.05, 3.63) is 63.6 Å². The van der Waals surface area contributed by atoms with Crippen molar-refractivity contribution in [1.82, 2.24) is 5.32 Å². The average Bonchev–Trinajstić information content (AvgIpc) is 2.80. The third kappa shape index (κ3) is 2.57. The molecule has 2 amide bonds. The lowest BCUT2D eigenvalue weighted by atomic mass is 9.83. The number of carbonyl (C=O) groups excluding carboxylic acids is 2. The maximum atomic E-state index is 12.8. The van der Waals surface area contributed by atoms with Gasteiger partial charge in [-0.05, 0) is 24.3 Å². The standard InChI is InChI=1S/C16H11Cl3N2O2/c17-8-14(22)21-16(10-3-1-2-4-12(10)19)11-7-9(18)5-6-13(11)20-15(16)23/h1-7H,8H2,(H,20,23)(H,21,22). The van der Waals surface area contributed by atoms with Gasteiger partial charge in [-0.2, -0.15) is 0 Å². The van der Waals surface area contributed by atoms with Crippen molar-refractivity contribution < 1.29 is 9.59 Å². The molecule has 0 saturated carbocycles. The fourth-order valence-corrected chi connectivity index (χ4v) is 3.26. The zero-order chi connectivity index (χ0) is 16.6. The molecule has 2 N–H and O–H groups in total. The van der Waals surface area contributed by atoms with Crippen LogP contribution in [0.2, 0.25) is 10.0 Å². The van der Waals surface area contributed by atoms with E-state index in [9.17, 15) is 9.59 Å². The van der Waals surface area contributed by atoms with Gasteiger partial charge in [0.25, 0.3) is 5.91 Å². The minimum absolute atomic E-state index is 0.282. The van der Waals surface area contributed by atoms with Crippen LogP contribution in [0.1, 0.15) is 11.1 Å². The van der Waals surface area contributed by atoms with E-state index >= 15 is 0 Å². The van der Waals surface area contributed by atoms with E-state index < -0.39 is 17.4 Å². The summed E-state index contributed by atoms with van der Waals surface area (Å²) in [6.07, 6.45) is 0. The molecule has 118 valence electrons. The zero-order valence-electron chi connectivity index (χ0n) is 11.7. The number of nitrogens with one attached hydrogen (secondary N) is 2. The number of anilines is 1. The molecule has 7 heteroatoms. The van der Waals surface area contributed by atoms with E-state index in [2.05, 4.69) is 10.6 Å². The van der Waals surface area contributed by atoms with Crippen LogP contribution in [0.4, 0.5) is 5.69 Å². The highest BCUT2D eigenvalue weighted by molar-refractivity contribution is 6.33. The molecule has 0 saturated heterocycles. The SMILES string of the molecule is O=C(CCl)NC1(c2ccccc2Cl)C(=O)Nc2ccc(Cl)cc21. The molecule has 1 heterocycles. The van der Waals surface area contributed by atoms with Crippen LogP contribution in [0.5, 0.6) is 0 Å². The summed E-state index contributed by atoms with van der Waals surface area (Å²) in [7, 11) is 0. The molecule has 2 aromatic carbocycles. The molecule has 0 spiro atoms. The van der Waals surface area contributed by atoms with Crippen molar-refractivity contribution in [2.45, 2.75) is 5.54 Å². The van der Waals surface area contributed by atoms with Crippen LogP contribution >= 0.6 is 34.8 Å². The van der Waals surface area contributed by atoms with Gasteiger partial charge >= 0.3 is 0 Å². The Morgan fingerprint density at radius 1 is 1.13 bits per heavy atom. The summed E-state index contributed by atoms with van der Waals surface area (Å²) in [6, 6.07) is 11.8. The second-order valence-electron chi connectivity index (χ2n) is 5.06. The summed E-state index contributed by atoms with van der Waals surface area (Å²) in [5, 5.41) is 6.26. The Bertz CT molecular complexity index is 810. The van der Waals surface area contributed by atoms with Gasteiger partial charge in [0.2, 0.25) is 5.91 Å². The number of fused-ring (bicyclic) bond motifs is 1. The number of benzene rings is 2. The van der Waals surface area contributed by atoms with Crippen molar-refractivity contribution in [2.24, 2.45) is 0 Å². The number of hydrogen-bond donors (Lipinski definition) is 2. The lowest BCUT2D eigenvalue weighted by Crippen LogP contribution is -2.52. The molecule has 23 heavy (non-hydrogen) atoms. The van der Waals surface area contributed by atoms with E-state index in [0.29, 0.717) is 26.9 Å². The van der Waals surface area contributed by atoms with Crippen LogP contribution in [-0.4, -0.2) is 17.7 Å². The van der Waals surface area contributed by atoms with E-state index in [1.54, 1.807) is 42.5 Å². The lowest BCUT2D eigenvalue weighted by molar-refractivity contribution is -0.127. The molecule has 1 aliphatic rings. The predicted molar refractivity (Wildman–Crippen MR) is 91.2 cm³/mol. The highest BCUT2D eigenvalue weighted by Gasteiger charge is 2.50. The normalized spacial score (nSPS) is 19.2. The molecule has 4 nitrogen and oxygen atoms in total. The first-order valence-electron chi connectivity index (χ1n) is 6.72. The van der Waals surface area contributed by atoms with E-state index in [4.69, 9.17) is 34.8 Å². The number of halogens is 3. The number of carbonyl (C=O) groups is 2. The molecule has 1 unspecified atom stereocenters. The molecular weight excluding hydrogens is 359 g/mol. The topological polar surface area (TPSA) is 58.2 Å². The first-order valence-corrected chi connectivity index (χ1v) is 8.01. The molecule has 0 fully saturated rings. The number of rotatable bonds is 3. The van der Waals surface area contributed by atoms with Crippen LogP contribution < -0.4 is 10.6 Å². The summed E-state index contributed by atoms with van der Waals surface area (Å²) in [4.78, 5) is 24.8. The second-order valence-corrected chi connectivity index (χ2v) is 6.17. The largest absolute Gasteiger partial charge is 0.333 e. The molecule has 0 aromatic heterocycles. The Kier molecular flexibility index (Phi) is 4.23. The maximum absolute atomic E-state index is 12.8. The average molecular weight is 370 g/mol. The predicted octanol–water partition coefficient (Wildman–Crippen LogP) is 3.54. The van der Waals surface area contributed by atoms with Crippen LogP contribution in [-0.2, 0) is 15.1 Å². The van der Waals surface area contributed by atoms with Gasteiger partial charge in [0.15, 0.2) is 5.54 Å². The van der Waals surface area contributed by atoms with Crippen LogP contribution in [0, 0.1) is 0 Å². The van der Waals surface area contributed by atoms with Crippen LogP contribution in [0.3, 0.4) is 0 Å². The van der Waals surface area contributed by atoms with Crippen molar-refractivity contribution >= 4 is 52.3 Å². The Morgan fingerprint density at radius 3 is 2.57 bits per heavy atom. The van der Waals surface area contributed by atoms with Gasteiger partial charge in [-0.15, -0.1) is 11.6 Å². The van der Waals surface area contributed by atoms with Crippen LogP contribution in [0.25, 0.3) is 0 Å². The van der Waals surface area contributed by atoms with Gasteiger partial charge in [0.1, 0.15) is 5.88 Å².